The van der Waals surface area contributed by atoms with Gasteiger partial charge in [-0.1, -0.05) is 38.3 Å². The van der Waals surface area contributed by atoms with E-state index in [1.54, 1.807) is 0 Å². The van der Waals surface area contributed by atoms with Crippen molar-refractivity contribution < 1.29 is 14.3 Å². The van der Waals surface area contributed by atoms with E-state index in [1.807, 2.05) is 28.8 Å². The third-order valence-electron chi connectivity index (χ3n) is 5.44. The minimum absolute atomic E-state index is 0.0686. The third-order valence-corrected chi connectivity index (χ3v) is 5.44. The van der Waals surface area contributed by atoms with Gasteiger partial charge in [0.15, 0.2) is 5.65 Å². The van der Waals surface area contributed by atoms with Crippen LogP contribution in [0.25, 0.3) is 22.2 Å². The van der Waals surface area contributed by atoms with Crippen LogP contribution in [0, 0.1) is 0 Å². The molecule has 0 radical (unpaired) electrons. The zero-order chi connectivity index (χ0) is 20.2. The molecule has 0 saturated carbocycles. The summed E-state index contributed by atoms with van der Waals surface area (Å²) in [7, 11) is 0. The van der Waals surface area contributed by atoms with Crippen LogP contribution in [0.5, 0.6) is 0 Å². The van der Waals surface area contributed by atoms with Gasteiger partial charge in [0, 0.05) is 6.61 Å². The first-order valence-corrected chi connectivity index (χ1v) is 10.5. The minimum Gasteiger partial charge on any atom is -0.462 e. The Morgan fingerprint density at radius 3 is 2.76 bits per heavy atom. The molecule has 3 heterocycles. The summed E-state index contributed by atoms with van der Waals surface area (Å²) in [5.41, 5.74) is 9.35. The second-order valence-electron chi connectivity index (χ2n) is 7.59. The summed E-state index contributed by atoms with van der Waals surface area (Å²) >= 11 is 0. The first kappa shape index (κ1) is 19.6. The fourth-order valence-corrected chi connectivity index (χ4v) is 3.86. The number of ether oxygens (including phenoxy) is 2. The number of hydrogen-bond donors (Lipinski definition) is 1. The number of carbonyl (C=O) groups excluding carboxylic acids is 1. The second-order valence-corrected chi connectivity index (χ2v) is 7.59. The largest absolute Gasteiger partial charge is 0.462 e. The summed E-state index contributed by atoms with van der Waals surface area (Å²) in [5.74, 6) is -0.0796. The molecule has 1 aliphatic heterocycles. The fraction of sp³-hybridized carbons (Fsp3) is 0.500. The number of unbranched alkanes of at least 4 members (excludes halogenated alkanes) is 3. The van der Waals surface area contributed by atoms with Gasteiger partial charge in [-0.2, -0.15) is 0 Å². The van der Waals surface area contributed by atoms with Crippen LogP contribution in [0.4, 0.5) is 5.82 Å². The quantitative estimate of drug-likeness (QED) is 0.455. The molecule has 29 heavy (non-hydrogen) atoms. The third kappa shape index (κ3) is 4.05. The van der Waals surface area contributed by atoms with Gasteiger partial charge in [0.05, 0.1) is 30.3 Å². The molecular formula is C22H28N4O3. The molecule has 1 aliphatic rings. The zero-order valence-corrected chi connectivity index (χ0v) is 16.9. The SMILES string of the molecule is CCCCCCOC(=O)c1c(N)n(CC2CCCO2)c2nc3ccccc3nc12. The number of benzene rings is 1. The Bertz CT molecular complexity index is 1010. The predicted octanol–water partition coefficient (Wildman–Crippen LogP) is 4.08. The van der Waals surface area contributed by atoms with Crippen molar-refractivity contribution in [2.24, 2.45) is 0 Å². The number of carbonyl (C=O) groups is 1. The summed E-state index contributed by atoms with van der Waals surface area (Å²) in [5, 5.41) is 0. The molecule has 0 aliphatic carbocycles. The van der Waals surface area contributed by atoms with Crippen LogP contribution in [-0.4, -0.2) is 39.8 Å². The average molecular weight is 396 g/mol. The van der Waals surface area contributed by atoms with Crippen molar-refractivity contribution in [2.45, 2.75) is 58.1 Å². The number of rotatable bonds is 8. The molecule has 7 nitrogen and oxygen atoms in total. The lowest BCUT2D eigenvalue weighted by molar-refractivity contribution is 0.0500. The number of hydrogen-bond acceptors (Lipinski definition) is 6. The number of nitrogens with zero attached hydrogens (tertiary/aromatic N) is 3. The highest BCUT2D eigenvalue weighted by atomic mass is 16.5. The van der Waals surface area contributed by atoms with Crippen LogP contribution in [0.15, 0.2) is 24.3 Å². The highest BCUT2D eigenvalue weighted by Gasteiger charge is 2.27. The fourth-order valence-electron chi connectivity index (χ4n) is 3.86. The average Bonchev–Trinajstić information content (AvgIpc) is 3.33. The van der Waals surface area contributed by atoms with Gasteiger partial charge >= 0.3 is 5.97 Å². The van der Waals surface area contributed by atoms with Gasteiger partial charge in [-0.05, 0) is 31.4 Å². The van der Waals surface area contributed by atoms with E-state index in [4.69, 9.17) is 25.2 Å². The second kappa shape index (κ2) is 8.78. The maximum atomic E-state index is 12.9. The molecule has 1 fully saturated rings. The van der Waals surface area contributed by atoms with E-state index >= 15 is 0 Å². The van der Waals surface area contributed by atoms with Gasteiger partial charge in [-0.15, -0.1) is 0 Å². The van der Waals surface area contributed by atoms with Gasteiger partial charge in [-0.3, -0.25) is 0 Å². The van der Waals surface area contributed by atoms with E-state index in [0.717, 1.165) is 56.2 Å². The van der Waals surface area contributed by atoms with Crippen molar-refractivity contribution in [2.75, 3.05) is 18.9 Å². The number of aromatic nitrogens is 3. The van der Waals surface area contributed by atoms with E-state index in [-0.39, 0.29) is 6.10 Å². The smallest absolute Gasteiger partial charge is 0.344 e. The molecule has 1 unspecified atom stereocenters. The van der Waals surface area contributed by atoms with E-state index in [1.165, 1.54) is 0 Å². The first-order valence-electron chi connectivity index (χ1n) is 10.5. The Morgan fingerprint density at radius 1 is 1.24 bits per heavy atom. The van der Waals surface area contributed by atoms with E-state index < -0.39 is 5.97 Å². The van der Waals surface area contributed by atoms with Crippen LogP contribution in [0.2, 0.25) is 0 Å². The molecule has 1 atom stereocenters. The van der Waals surface area contributed by atoms with Crippen molar-refractivity contribution in [1.29, 1.82) is 0 Å². The van der Waals surface area contributed by atoms with Crippen LogP contribution in [0.3, 0.4) is 0 Å². The van der Waals surface area contributed by atoms with Gasteiger partial charge in [0.25, 0.3) is 0 Å². The first-order chi connectivity index (χ1) is 14.2. The number of para-hydroxylation sites is 2. The molecular weight excluding hydrogens is 368 g/mol. The zero-order valence-electron chi connectivity index (χ0n) is 16.9. The van der Waals surface area contributed by atoms with Crippen LogP contribution in [-0.2, 0) is 16.0 Å². The van der Waals surface area contributed by atoms with Crippen LogP contribution >= 0.6 is 0 Å². The molecule has 1 saturated heterocycles. The van der Waals surface area contributed by atoms with Crippen LogP contribution in [0.1, 0.15) is 55.8 Å². The Balaban J connectivity index is 1.70. The molecule has 4 rings (SSSR count). The van der Waals surface area contributed by atoms with E-state index in [0.29, 0.717) is 35.7 Å². The van der Waals surface area contributed by atoms with Crippen molar-refractivity contribution in [3.8, 4) is 0 Å². The van der Waals surface area contributed by atoms with Gasteiger partial charge in [0.2, 0.25) is 0 Å². The number of esters is 1. The molecule has 3 aromatic rings. The van der Waals surface area contributed by atoms with Crippen molar-refractivity contribution in [1.82, 2.24) is 14.5 Å². The Morgan fingerprint density at radius 2 is 2.03 bits per heavy atom. The molecule has 154 valence electrons. The predicted molar refractivity (Wildman–Crippen MR) is 113 cm³/mol. The highest BCUT2D eigenvalue weighted by Crippen LogP contribution is 2.30. The molecule has 0 amide bonds. The number of anilines is 1. The summed E-state index contributed by atoms with van der Waals surface area (Å²) in [6.07, 6.45) is 6.24. The molecule has 2 N–H and O–H groups in total. The molecule has 0 bridgehead atoms. The lowest BCUT2D eigenvalue weighted by Crippen LogP contribution is -2.17. The number of nitrogens with two attached hydrogens (primary N) is 1. The maximum absolute atomic E-state index is 12.9. The maximum Gasteiger partial charge on any atom is 0.344 e. The molecule has 2 aromatic heterocycles. The van der Waals surface area contributed by atoms with E-state index in [2.05, 4.69) is 6.92 Å². The Kier molecular flexibility index (Phi) is 5.94. The number of fused-ring (bicyclic) bond motifs is 2. The van der Waals surface area contributed by atoms with Crippen molar-refractivity contribution in [3.05, 3.63) is 29.8 Å². The lowest BCUT2D eigenvalue weighted by Gasteiger charge is -2.13. The van der Waals surface area contributed by atoms with Crippen LogP contribution < -0.4 is 5.73 Å². The number of nitrogen functional groups attached to an aromatic ring is 1. The highest BCUT2D eigenvalue weighted by molar-refractivity contribution is 6.08. The summed E-state index contributed by atoms with van der Waals surface area (Å²) in [6, 6.07) is 7.62. The van der Waals surface area contributed by atoms with Gasteiger partial charge in [-0.25, -0.2) is 14.8 Å². The van der Waals surface area contributed by atoms with Crippen molar-refractivity contribution in [3.63, 3.8) is 0 Å². The summed E-state index contributed by atoms with van der Waals surface area (Å²) < 4.78 is 13.2. The van der Waals surface area contributed by atoms with Gasteiger partial charge in [0.1, 0.15) is 16.9 Å². The molecule has 0 spiro atoms. The summed E-state index contributed by atoms with van der Waals surface area (Å²) in [6.45, 7) is 3.85. The lowest BCUT2D eigenvalue weighted by atomic mass is 10.2. The molecule has 1 aromatic carbocycles. The monoisotopic (exact) mass is 396 g/mol. The van der Waals surface area contributed by atoms with E-state index in [9.17, 15) is 4.79 Å². The van der Waals surface area contributed by atoms with Crippen molar-refractivity contribution >= 4 is 34.0 Å². The topological polar surface area (TPSA) is 92.3 Å². The Hall–Kier alpha value is -2.67. The Labute approximate surface area is 170 Å². The molecule has 7 heteroatoms. The standard InChI is InChI=1S/C22H28N4O3/c1-2-3-4-7-12-29-22(27)18-19-21(25-17-11-6-5-10-16(17)24-19)26(20(18)23)14-15-9-8-13-28-15/h5-6,10-11,15H,2-4,7-9,12-14,23H2,1H3. The normalized spacial score (nSPS) is 16.7. The summed E-state index contributed by atoms with van der Waals surface area (Å²) in [4.78, 5) is 22.4. The van der Waals surface area contributed by atoms with Gasteiger partial charge < -0.3 is 19.8 Å². The minimum atomic E-state index is -0.431.